The number of esters is 1. The van der Waals surface area contributed by atoms with Gasteiger partial charge < -0.3 is 26.2 Å². The number of hydrogen-bond donors (Lipinski definition) is 4. The minimum absolute atomic E-state index is 0.00938. The molecule has 3 unspecified atom stereocenters. The fourth-order valence-electron chi connectivity index (χ4n) is 2.85. The second kappa shape index (κ2) is 16.2. The summed E-state index contributed by atoms with van der Waals surface area (Å²) in [5, 5.41) is 14.0. The highest BCUT2D eigenvalue weighted by Crippen LogP contribution is 2.11. The standard InChI is InChI=1S/C25H36N4O6/c1-17(2)13-21(24(32)33)35-25(34)20(26)15-28-23(31)16-29-22(30)9-5-4-7-18(3)10-11-19-8-6-12-27-14-19/h5-6,8-12,14,17-18,20-21H,4,7,13,15-16,26H2,1-3H3,(H,28,31)(H,29,30)(H,32,33)/b9-5+,11-10+. The van der Waals surface area contributed by atoms with Crippen molar-refractivity contribution in [2.24, 2.45) is 17.6 Å². The number of nitrogens with one attached hydrogen (secondary N) is 2. The lowest BCUT2D eigenvalue weighted by molar-refractivity contribution is -0.165. The number of carbonyl (C=O) groups excluding carboxylic acids is 3. The van der Waals surface area contributed by atoms with Gasteiger partial charge in [0.25, 0.3) is 0 Å². The molecule has 10 nitrogen and oxygen atoms in total. The Morgan fingerprint density at radius 3 is 2.57 bits per heavy atom. The van der Waals surface area contributed by atoms with Gasteiger partial charge in [0.05, 0.1) is 6.54 Å². The molecular formula is C25H36N4O6. The van der Waals surface area contributed by atoms with Gasteiger partial charge in [-0.05, 0) is 48.8 Å². The van der Waals surface area contributed by atoms with Crippen LogP contribution in [0.5, 0.6) is 0 Å². The van der Waals surface area contributed by atoms with Crippen molar-refractivity contribution in [1.29, 1.82) is 0 Å². The number of allylic oxidation sites excluding steroid dienone is 2. The smallest absolute Gasteiger partial charge is 0.345 e. The summed E-state index contributed by atoms with van der Waals surface area (Å²) in [5.74, 6) is -2.80. The highest BCUT2D eigenvalue weighted by Gasteiger charge is 2.26. The van der Waals surface area contributed by atoms with E-state index in [1.54, 1.807) is 32.3 Å². The number of nitrogens with two attached hydrogens (primary N) is 1. The summed E-state index contributed by atoms with van der Waals surface area (Å²) in [6.07, 6.45) is 11.1. The molecule has 5 N–H and O–H groups in total. The molecule has 2 amide bonds. The maximum atomic E-state index is 12.0. The second-order valence-electron chi connectivity index (χ2n) is 8.62. The van der Waals surface area contributed by atoms with Gasteiger partial charge in [0.1, 0.15) is 6.04 Å². The van der Waals surface area contributed by atoms with E-state index in [1.165, 1.54) is 6.08 Å². The summed E-state index contributed by atoms with van der Waals surface area (Å²) in [6, 6.07) is 2.62. The molecule has 0 saturated carbocycles. The third-order valence-corrected chi connectivity index (χ3v) is 4.82. The SMILES string of the molecule is CC(C)CC(OC(=O)C(N)CNC(=O)CNC(=O)/C=C/CCC(C)/C=C/c1cccnc1)C(=O)O. The zero-order chi connectivity index (χ0) is 26.2. The van der Waals surface area contributed by atoms with Crippen LogP contribution in [0.25, 0.3) is 6.08 Å². The lowest BCUT2D eigenvalue weighted by Gasteiger charge is -2.18. The molecule has 0 radical (unpaired) electrons. The summed E-state index contributed by atoms with van der Waals surface area (Å²) in [6.45, 7) is 5.15. The summed E-state index contributed by atoms with van der Waals surface area (Å²) in [4.78, 5) is 51.0. The van der Waals surface area contributed by atoms with Crippen molar-refractivity contribution >= 4 is 29.8 Å². The molecule has 1 rings (SSSR count). The van der Waals surface area contributed by atoms with E-state index in [9.17, 15) is 19.2 Å². The fraction of sp³-hybridized carbons (Fsp3) is 0.480. The Labute approximate surface area is 206 Å². The van der Waals surface area contributed by atoms with Crippen LogP contribution in [0.1, 0.15) is 45.6 Å². The average molecular weight is 489 g/mol. The zero-order valence-corrected chi connectivity index (χ0v) is 20.5. The number of carboxylic acid groups (broad SMARTS) is 1. The van der Waals surface area contributed by atoms with E-state index in [2.05, 4.69) is 28.6 Å². The predicted molar refractivity (Wildman–Crippen MR) is 132 cm³/mol. The Morgan fingerprint density at radius 2 is 1.94 bits per heavy atom. The molecule has 0 fully saturated rings. The van der Waals surface area contributed by atoms with Gasteiger partial charge >= 0.3 is 11.9 Å². The Bertz CT molecular complexity index is 885. The van der Waals surface area contributed by atoms with Crippen molar-refractivity contribution < 1.29 is 29.0 Å². The van der Waals surface area contributed by atoms with E-state index < -0.39 is 35.9 Å². The number of pyridine rings is 1. The molecule has 0 aliphatic rings. The van der Waals surface area contributed by atoms with Crippen LogP contribution in [-0.2, 0) is 23.9 Å². The van der Waals surface area contributed by atoms with Crippen LogP contribution in [0.4, 0.5) is 0 Å². The van der Waals surface area contributed by atoms with E-state index in [0.29, 0.717) is 12.3 Å². The van der Waals surface area contributed by atoms with E-state index in [-0.39, 0.29) is 25.4 Å². The quantitative estimate of drug-likeness (QED) is 0.214. The summed E-state index contributed by atoms with van der Waals surface area (Å²) >= 11 is 0. The number of nitrogens with zero attached hydrogens (tertiary/aromatic N) is 1. The molecule has 0 saturated heterocycles. The molecule has 192 valence electrons. The van der Waals surface area contributed by atoms with E-state index in [4.69, 9.17) is 15.6 Å². The van der Waals surface area contributed by atoms with Gasteiger partial charge in [0, 0.05) is 18.9 Å². The second-order valence-corrected chi connectivity index (χ2v) is 8.62. The minimum atomic E-state index is -1.30. The highest BCUT2D eigenvalue weighted by molar-refractivity contribution is 5.91. The Morgan fingerprint density at radius 1 is 1.20 bits per heavy atom. The van der Waals surface area contributed by atoms with Crippen molar-refractivity contribution in [3.63, 3.8) is 0 Å². The minimum Gasteiger partial charge on any atom is -0.479 e. The first-order valence-corrected chi connectivity index (χ1v) is 11.6. The van der Waals surface area contributed by atoms with Crippen LogP contribution in [0.2, 0.25) is 0 Å². The lowest BCUT2D eigenvalue weighted by Crippen LogP contribution is -2.47. The molecule has 0 bridgehead atoms. The summed E-state index contributed by atoms with van der Waals surface area (Å²) in [5.41, 5.74) is 6.70. The molecule has 1 heterocycles. The summed E-state index contributed by atoms with van der Waals surface area (Å²) < 4.78 is 4.92. The van der Waals surface area contributed by atoms with E-state index in [1.807, 2.05) is 18.2 Å². The van der Waals surface area contributed by atoms with Gasteiger partial charge in [-0.2, -0.15) is 0 Å². The molecule has 10 heteroatoms. The topological polar surface area (TPSA) is 161 Å². The van der Waals surface area contributed by atoms with Crippen molar-refractivity contribution in [2.75, 3.05) is 13.1 Å². The van der Waals surface area contributed by atoms with Crippen molar-refractivity contribution in [3.8, 4) is 0 Å². The third-order valence-electron chi connectivity index (χ3n) is 4.82. The van der Waals surface area contributed by atoms with Crippen molar-refractivity contribution in [3.05, 3.63) is 48.3 Å². The number of ether oxygens (including phenoxy) is 1. The molecule has 3 atom stereocenters. The van der Waals surface area contributed by atoms with Gasteiger partial charge in [-0.15, -0.1) is 0 Å². The highest BCUT2D eigenvalue weighted by atomic mass is 16.6. The monoisotopic (exact) mass is 488 g/mol. The molecule has 0 aliphatic carbocycles. The fourth-order valence-corrected chi connectivity index (χ4v) is 2.85. The Hall–Kier alpha value is -3.53. The van der Waals surface area contributed by atoms with Gasteiger partial charge in [-0.25, -0.2) is 4.79 Å². The van der Waals surface area contributed by atoms with Crippen LogP contribution >= 0.6 is 0 Å². The number of aromatic nitrogens is 1. The average Bonchev–Trinajstić information content (AvgIpc) is 2.82. The van der Waals surface area contributed by atoms with Crippen molar-refractivity contribution in [2.45, 2.75) is 52.2 Å². The predicted octanol–water partition coefficient (Wildman–Crippen LogP) is 1.67. The molecule has 0 aliphatic heterocycles. The number of amides is 2. The Balaban J connectivity index is 2.26. The van der Waals surface area contributed by atoms with Gasteiger partial charge in [-0.3, -0.25) is 19.4 Å². The van der Waals surface area contributed by atoms with Crippen molar-refractivity contribution in [1.82, 2.24) is 15.6 Å². The Kier molecular flexibility index (Phi) is 13.6. The number of aliphatic carboxylic acids is 1. The van der Waals surface area contributed by atoms with Crippen LogP contribution in [0, 0.1) is 11.8 Å². The largest absolute Gasteiger partial charge is 0.479 e. The van der Waals surface area contributed by atoms with Gasteiger partial charge in [0.2, 0.25) is 11.8 Å². The van der Waals surface area contributed by atoms with Crippen LogP contribution in [-0.4, -0.2) is 59.1 Å². The van der Waals surface area contributed by atoms with Crippen LogP contribution in [0.3, 0.4) is 0 Å². The maximum Gasteiger partial charge on any atom is 0.345 e. The van der Waals surface area contributed by atoms with E-state index in [0.717, 1.165) is 12.0 Å². The lowest BCUT2D eigenvalue weighted by atomic mass is 10.0. The molecule has 0 aromatic carbocycles. The normalized spacial score (nSPS) is 14.0. The van der Waals surface area contributed by atoms with Crippen LogP contribution in [0.15, 0.2) is 42.8 Å². The van der Waals surface area contributed by atoms with Crippen LogP contribution < -0.4 is 16.4 Å². The molecule has 0 spiro atoms. The first-order chi connectivity index (χ1) is 16.6. The molecule has 1 aromatic heterocycles. The number of carbonyl (C=O) groups is 4. The molecule has 35 heavy (non-hydrogen) atoms. The molecular weight excluding hydrogens is 452 g/mol. The zero-order valence-electron chi connectivity index (χ0n) is 20.5. The van der Waals surface area contributed by atoms with E-state index >= 15 is 0 Å². The first kappa shape index (κ1) is 29.5. The third kappa shape index (κ3) is 13.7. The first-order valence-electron chi connectivity index (χ1n) is 11.6. The molecule has 1 aromatic rings. The maximum absolute atomic E-state index is 12.0. The van der Waals surface area contributed by atoms with Gasteiger partial charge in [0.15, 0.2) is 6.10 Å². The number of rotatable bonds is 15. The number of hydrogen-bond acceptors (Lipinski definition) is 7. The van der Waals surface area contributed by atoms with Gasteiger partial charge in [-0.1, -0.05) is 45.1 Å². The summed E-state index contributed by atoms with van der Waals surface area (Å²) in [7, 11) is 0. The number of carboxylic acids is 1.